The Morgan fingerprint density at radius 1 is 0.514 bits per heavy atom. The predicted octanol–water partition coefficient (Wildman–Crippen LogP) is 9.03. The summed E-state index contributed by atoms with van der Waals surface area (Å²) in [6.07, 6.45) is 0. The summed E-state index contributed by atoms with van der Waals surface area (Å²) in [6.45, 7) is 4.77. The van der Waals surface area contributed by atoms with Gasteiger partial charge in [-0.3, -0.25) is 0 Å². The van der Waals surface area contributed by atoms with Crippen LogP contribution in [-0.4, -0.2) is 9.13 Å². The third kappa shape index (κ3) is 2.60. The molecule has 0 saturated heterocycles. The fraction of sp³-hybridized carbons (Fsp3) is 0.0857. The van der Waals surface area contributed by atoms with E-state index in [1.54, 1.807) is 0 Å². The van der Waals surface area contributed by atoms with Crippen molar-refractivity contribution >= 4 is 32.7 Å². The first-order valence-electron chi connectivity index (χ1n) is 13.0. The highest BCUT2D eigenvalue weighted by molar-refractivity contribution is 6.14. The van der Waals surface area contributed by atoms with Crippen LogP contribution in [0.1, 0.15) is 25.1 Å². The molecule has 37 heavy (non-hydrogen) atoms. The smallest absolute Gasteiger partial charge is 0.0785 e. The Bertz CT molecular complexity index is 1990. The van der Waals surface area contributed by atoms with Gasteiger partial charge in [-0.15, -0.1) is 0 Å². The molecule has 5 aromatic carbocycles. The van der Waals surface area contributed by atoms with Crippen LogP contribution in [0.3, 0.4) is 0 Å². The standard InChI is InChI=1S/C35H26N2/c1-35(2)28-22-21-26-25-17-9-11-19-29(25)36(24-15-7-4-8-16-24)32(26)33(28)37-30-20-12-10-18-27(30)31(34(35)37)23-13-5-3-6-14-23/h3-22H,1-2H3. The highest BCUT2D eigenvalue weighted by atomic mass is 15.1. The van der Waals surface area contributed by atoms with Crippen LogP contribution >= 0.6 is 0 Å². The largest absolute Gasteiger partial charge is 0.310 e. The fourth-order valence-electron chi connectivity index (χ4n) is 6.70. The van der Waals surface area contributed by atoms with E-state index in [9.17, 15) is 0 Å². The van der Waals surface area contributed by atoms with Crippen molar-refractivity contribution in [2.45, 2.75) is 19.3 Å². The number of hydrogen-bond acceptors (Lipinski definition) is 0. The molecular formula is C35H26N2. The van der Waals surface area contributed by atoms with Gasteiger partial charge in [-0.2, -0.15) is 0 Å². The zero-order chi connectivity index (χ0) is 24.7. The normalized spacial score (nSPS) is 13.9. The van der Waals surface area contributed by atoms with Crippen LogP contribution in [0.5, 0.6) is 0 Å². The molecular weight excluding hydrogens is 448 g/mol. The van der Waals surface area contributed by atoms with Crippen molar-refractivity contribution < 1.29 is 0 Å². The third-order valence-corrected chi connectivity index (χ3v) is 8.25. The van der Waals surface area contributed by atoms with Crippen LogP contribution in [0.2, 0.25) is 0 Å². The molecule has 0 unspecified atom stereocenters. The highest BCUT2D eigenvalue weighted by Crippen LogP contribution is 2.54. The molecule has 176 valence electrons. The van der Waals surface area contributed by atoms with Gasteiger partial charge in [-0.1, -0.05) is 111 Å². The Kier molecular flexibility index (Phi) is 4.03. The van der Waals surface area contributed by atoms with E-state index in [1.165, 1.54) is 66.5 Å². The lowest BCUT2D eigenvalue weighted by molar-refractivity contribution is 0.646. The number of rotatable bonds is 2. The molecule has 3 heterocycles. The van der Waals surface area contributed by atoms with Gasteiger partial charge in [0.05, 0.1) is 22.2 Å². The van der Waals surface area contributed by atoms with E-state index in [4.69, 9.17) is 0 Å². The molecule has 2 aromatic heterocycles. The first-order valence-corrected chi connectivity index (χ1v) is 13.0. The predicted molar refractivity (Wildman–Crippen MR) is 155 cm³/mol. The minimum Gasteiger partial charge on any atom is -0.310 e. The maximum absolute atomic E-state index is 2.56. The second-order valence-electron chi connectivity index (χ2n) is 10.6. The molecule has 0 radical (unpaired) electrons. The van der Waals surface area contributed by atoms with Gasteiger partial charge in [0.25, 0.3) is 0 Å². The Balaban J connectivity index is 1.62. The molecule has 0 saturated carbocycles. The molecule has 2 nitrogen and oxygen atoms in total. The van der Waals surface area contributed by atoms with Crippen LogP contribution in [-0.2, 0) is 5.41 Å². The molecule has 0 amide bonds. The van der Waals surface area contributed by atoms with Crippen molar-refractivity contribution in [1.82, 2.24) is 9.13 Å². The van der Waals surface area contributed by atoms with Crippen LogP contribution in [0.25, 0.3) is 55.2 Å². The molecule has 1 aliphatic rings. The summed E-state index contributed by atoms with van der Waals surface area (Å²) in [5.74, 6) is 0. The molecule has 0 N–H and O–H groups in total. The molecule has 0 aliphatic carbocycles. The lowest BCUT2D eigenvalue weighted by Gasteiger charge is -2.22. The van der Waals surface area contributed by atoms with E-state index < -0.39 is 0 Å². The number of nitrogens with zero attached hydrogens (tertiary/aromatic N) is 2. The number of aromatic nitrogens is 2. The average Bonchev–Trinajstić information content (AvgIpc) is 3.54. The summed E-state index contributed by atoms with van der Waals surface area (Å²) in [7, 11) is 0. The van der Waals surface area contributed by atoms with E-state index >= 15 is 0 Å². The Morgan fingerprint density at radius 3 is 1.84 bits per heavy atom. The van der Waals surface area contributed by atoms with Gasteiger partial charge in [-0.05, 0) is 35.4 Å². The summed E-state index contributed by atoms with van der Waals surface area (Å²) in [6, 6.07) is 44.1. The van der Waals surface area contributed by atoms with Crippen molar-refractivity contribution in [3.8, 4) is 22.5 Å². The lowest BCUT2D eigenvalue weighted by atomic mass is 9.80. The molecule has 0 fully saturated rings. The third-order valence-electron chi connectivity index (χ3n) is 8.25. The van der Waals surface area contributed by atoms with Crippen molar-refractivity contribution in [1.29, 1.82) is 0 Å². The van der Waals surface area contributed by atoms with Gasteiger partial charge in [0.15, 0.2) is 0 Å². The molecule has 0 atom stereocenters. The van der Waals surface area contributed by atoms with Gasteiger partial charge >= 0.3 is 0 Å². The molecule has 0 bridgehead atoms. The molecule has 2 heteroatoms. The van der Waals surface area contributed by atoms with Crippen LogP contribution in [0.15, 0.2) is 121 Å². The summed E-state index contributed by atoms with van der Waals surface area (Å²) in [5, 5.41) is 3.89. The van der Waals surface area contributed by atoms with Crippen molar-refractivity contribution in [3.63, 3.8) is 0 Å². The van der Waals surface area contributed by atoms with E-state index in [-0.39, 0.29) is 5.41 Å². The number of para-hydroxylation sites is 3. The highest BCUT2D eigenvalue weighted by Gasteiger charge is 2.42. The van der Waals surface area contributed by atoms with Crippen LogP contribution in [0.4, 0.5) is 0 Å². The van der Waals surface area contributed by atoms with Gasteiger partial charge in [0, 0.05) is 38.5 Å². The van der Waals surface area contributed by atoms with E-state index in [0.29, 0.717) is 0 Å². The van der Waals surface area contributed by atoms with Crippen LogP contribution in [0, 0.1) is 0 Å². The summed E-state index contributed by atoms with van der Waals surface area (Å²) in [5.41, 5.74) is 11.5. The Labute approximate surface area is 216 Å². The fourth-order valence-corrected chi connectivity index (χ4v) is 6.70. The summed E-state index contributed by atoms with van der Waals surface area (Å²) < 4.78 is 5.03. The van der Waals surface area contributed by atoms with E-state index in [1.807, 2.05) is 0 Å². The zero-order valence-electron chi connectivity index (χ0n) is 20.9. The Morgan fingerprint density at radius 2 is 1.11 bits per heavy atom. The van der Waals surface area contributed by atoms with E-state index in [2.05, 4.69) is 144 Å². The molecule has 0 spiro atoms. The van der Waals surface area contributed by atoms with Gasteiger partial charge < -0.3 is 9.13 Å². The van der Waals surface area contributed by atoms with Gasteiger partial charge in [-0.25, -0.2) is 0 Å². The van der Waals surface area contributed by atoms with Gasteiger partial charge in [0.2, 0.25) is 0 Å². The number of benzene rings is 5. The molecule has 8 rings (SSSR count). The maximum Gasteiger partial charge on any atom is 0.0785 e. The van der Waals surface area contributed by atoms with Gasteiger partial charge in [0.1, 0.15) is 0 Å². The average molecular weight is 475 g/mol. The first kappa shape index (κ1) is 20.6. The monoisotopic (exact) mass is 474 g/mol. The lowest BCUT2D eigenvalue weighted by Crippen LogP contribution is -2.16. The van der Waals surface area contributed by atoms with E-state index in [0.717, 1.165) is 0 Å². The quantitative estimate of drug-likeness (QED) is 0.236. The molecule has 1 aliphatic heterocycles. The number of hydrogen-bond donors (Lipinski definition) is 0. The topological polar surface area (TPSA) is 9.86 Å². The van der Waals surface area contributed by atoms with Crippen LogP contribution < -0.4 is 0 Å². The van der Waals surface area contributed by atoms with Crippen molar-refractivity contribution in [2.24, 2.45) is 0 Å². The number of fused-ring (bicyclic) bond motifs is 9. The summed E-state index contributed by atoms with van der Waals surface area (Å²) in [4.78, 5) is 0. The maximum atomic E-state index is 2.56. The van der Waals surface area contributed by atoms with Crippen molar-refractivity contribution in [3.05, 3.63) is 133 Å². The summed E-state index contributed by atoms with van der Waals surface area (Å²) >= 11 is 0. The minimum absolute atomic E-state index is 0.161. The Hall–Kier alpha value is -4.56. The first-order chi connectivity index (χ1) is 18.2. The zero-order valence-corrected chi connectivity index (χ0v) is 20.9. The second-order valence-corrected chi connectivity index (χ2v) is 10.6. The molecule has 7 aromatic rings. The minimum atomic E-state index is -0.161. The second kappa shape index (κ2) is 7.24. The van der Waals surface area contributed by atoms with Crippen molar-refractivity contribution in [2.75, 3.05) is 0 Å². The SMILES string of the molecule is CC1(C)c2ccc3c4ccccc4n(-c4ccccc4)c3c2-n2c1c(-c1ccccc1)c1ccccc12.